The second-order valence-corrected chi connectivity index (χ2v) is 9.87. The molecule has 7 heteroatoms. The fourth-order valence-corrected chi connectivity index (χ4v) is 5.11. The monoisotopic (exact) mass is 516 g/mol. The van der Waals surface area contributed by atoms with Crippen molar-refractivity contribution in [1.82, 2.24) is 10.4 Å². The molecule has 200 valence electrons. The van der Waals surface area contributed by atoms with Crippen LogP contribution in [0.25, 0.3) is 0 Å². The predicted molar refractivity (Wildman–Crippen MR) is 146 cm³/mol. The molecule has 1 atom stereocenters. The molecule has 1 N–H and O–H groups in total. The smallest absolute Gasteiger partial charge is 0.338 e. The minimum atomic E-state index is -0.499. The first kappa shape index (κ1) is 27.2. The zero-order chi connectivity index (χ0) is 27.0. The van der Waals surface area contributed by atoms with Crippen molar-refractivity contribution in [3.8, 4) is 11.5 Å². The average Bonchev–Trinajstić information content (AvgIpc) is 3.16. The molecular formula is C31H36N2O5. The molecule has 4 rings (SSSR count). The Bertz CT molecular complexity index is 1250. The molecule has 3 aromatic rings. The summed E-state index contributed by atoms with van der Waals surface area (Å²) in [5, 5.41) is 0. The summed E-state index contributed by atoms with van der Waals surface area (Å²) in [6, 6.07) is 22.0. The molecule has 0 bridgehead atoms. The number of carbonyl (C=O) groups is 2. The summed E-state index contributed by atoms with van der Waals surface area (Å²) in [5.74, 6) is -0.159. The van der Waals surface area contributed by atoms with Gasteiger partial charge in [0.1, 0.15) is 12.4 Å². The standard InChI is InChI=1S/C31H36N2O5/c1-4-31(17-8-9-18-33(2)22-31)25-13-10-14-26(20-25)38-32-29(34)27-16-15-24(19-28(27)36-3)30(35)37-21-23-11-6-5-7-12-23/h5-7,10-16,19-20H,4,8-9,17-18,21-22H2,1-3H3,(H,32,34). The fourth-order valence-electron chi connectivity index (χ4n) is 5.11. The number of ether oxygens (including phenoxy) is 2. The number of esters is 1. The number of likely N-dealkylation sites (N-methyl/N-ethyl adjacent to an activating group) is 1. The number of carbonyl (C=O) groups excluding carboxylic acids is 2. The number of hydrogen-bond donors (Lipinski definition) is 1. The van der Waals surface area contributed by atoms with Gasteiger partial charge in [0, 0.05) is 12.0 Å². The number of methoxy groups -OCH3 is 1. The summed E-state index contributed by atoms with van der Waals surface area (Å²) in [4.78, 5) is 33.6. The van der Waals surface area contributed by atoms with E-state index >= 15 is 0 Å². The first-order valence-electron chi connectivity index (χ1n) is 13.1. The predicted octanol–water partition coefficient (Wildman–Crippen LogP) is 5.54. The first-order chi connectivity index (χ1) is 18.4. The van der Waals surface area contributed by atoms with E-state index in [4.69, 9.17) is 14.3 Å². The maximum absolute atomic E-state index is 12.9. The van der Waals surface area contributed by atoms with Gasteiger partial charge in [-0.3, -0.25) is 4.79 Å². The van der Waals surface area contributed by atoms with Gasteiger partial charge in [0.05, 0.1) is 18.2 Å². The van der Waals surface area contributed by atoms with E-state index < -0.39 is 11.9 Å². The highest BCUT2D eigenvalue weighted by molar-refractivity contribution is 5.98. The van der Waals surface area contributed by atoms with Crippen LogP contribution in [-0.2, 0) is 16.8 Å². The normalized spacial score (nSPS) is 17.8. The lowest BCUT2D eigenvalue weighted by molar-refractivity contribution is 0.0471. The highest BCUT2D eigenvalue weighted by Crippen LogP contribution is 2.37. The summed E-state index contributed by atoms with van der Waals surface area (Å²) in [5.41, 5.74) is 5.23. The lowest BCUT2D eigenvalue weighted by Crippen LogP contribution is -2.37. The van der Waals surface area contributed by atoms with Crippen molar-refractivity contribution in [2.75, 3.05) is 27.2 Å². The largest absolute Gasteiger partial charge is 0.496 e. The Morgan fingerprint density at radius 3 is 2.58 bits per heavy atom. The molecule has 0 saturated carbocycles. The van der Waals surface area contributed by atoms with Gasteiger partial charge < -0.3 is 19.2 Å². The third kappa shape index (κ3) is 6.53. The molecule has 0 radical (unpaired) electrons. The quantitative estimate of drug-likeness (QED) is 0.297. The first-order valence-corrected chi connectivity index (χ1v) is 13.1. The van der Waals surface area contributed by atoms with Crippen LogP contribution in [0.2, 0.25) is 0 Å². The zero-order valence-electron chi connectivity index (χ0n) is 22.4. The van der Waals surface area contributed by atoms with Gasteiger partial charge in [-0.1, -0.05) is 55.8 Å². The highest BCUT2D eigenvalue weighted by Gasteiger charge is 2.33. The van der Waals surface area contributed by atoms with Crippen molar-refractivity contribution in [2.45, 2.75) is 44.6 Å². The second kappa shape index (κ2) is 12.6. The highest BCUT2D eigenvalue weighted by atomic mass is 16.7. The van der Waals surface area contributed by atoms with Crippen LogP contribution in [0, 0.1) is 0 Å². The van der Waals surface area contributed by atoms with E-state index in [1.165, 1.54) is 37.6 Å². The number of nitrogens with zero attached hydrogens (tertiary/aromatic N) is 1. The number of rotatable bonds is 9. The van der Waals surface area contributed by atoms with E-state index in [9.17, 15) is 9.59 Å². The second-order valence-electron chi connectivity index (χ2n) is 9.87. The van der Waals surface area contributed by atoms with E-state index in [0.717, 1.165) is 31.5 Å². The molecule has 1 heterocycles. The minimum absolute atomic E-state index is 0.0583. The topological polar surface area (TPSA) is 77.1 Å². The Kier molecular flexibility index (Phi) is 9.02. The van der Waals surface area contributed by atoms with Crippen LogP contribution in [0.5, 0.6) is 11.5 Å². The third-order valence-corrected chi connectivity index (χ3v) is 7.30. The van der Waals surface area contributed by atoms with Crippen LogP contribution < -0.4 is 15.1 Å². The summed E-state index contributed by atoms with van der Waals surface area (Å²) >= 11 is 0. The molecule has 1 unspecified atom stereocenters. The van der Waals surface area contributed by atoms with E-state index in [1.807, 2.05) is 48.5 Å². The molecule has 7 nitrogen and oxygen atoms in total. The summed E-state index contributed by atoms with van der Waals surface area (Å²) in [6.45, 7) is 4.50. The zero-order valence-corrected chi connectivity index (χ0v) is 22.4. The summed E-state index contributed by atoms with van der Waals surface area (Å²) in [6.07, 6.45) is 4.55. The molecule has 1 fully saturated rings. The minimum Gasteiger partial charge on any atom is -0.496 e. The van der Waals surface area contributed by atoms with Gasteiger partial charge in [0.15, 0.2) is 5.75 Å². The van der Waals surface area contributed by atoms with Gasteiger partial charge in [-0.2, -0.15) is 5.48 Å². The Morgan fingerprint density at radius 1 is 1.00 bits per heavy atom. The van der Waals surface area contributed by atoms with Crippen molar-refractivity contribution in [3.05, 3.63) is 95.1 Å². The fraction of sp³-hybridized carbons (Fsp3) is 0.355. The van der Waals surface area contributed by atoms with E-state index in [-0.39, 0.29) is 23.3 Å². The maximum Gasteiger partial charge on any atom is 0.338 e. The summed E-state index contributed by atoms with van der Waals surface area (Å²) < 4.78 is 10.8. The van der Waals surface area contributed by atoms with Gasteiger partial charge in [-0.05, 0) is 74.3 Å². The van der Waals surface area contributed by atoms with Gasteiger partial charge >= 0.3 is 5.97 Å². The molecule has 1 saturated heterocycles. The third-order valence-electron chi connectivity index (χ3n) is 7.30. The van der Waals surface area contributed by atoms with Crippen molar-refractivity contribution in [2.24, 2.45) is 0 Å². The van der Waals surface area contributed by atoms with Gasteiger partial charge in [0.25, 0.3) is 5.91 Å². The van der Waals surface area contributed by atoms with Crippen molar-refractivity contribution < 1.29 is 23.9 Å². The van der Waals surface area contributed by atoms with Crippen molar-refractivity contribution >= 4 is 11.9 Å². The number of amides is 1. The van der Waals surface area contributed by atoms with Crippen LogP contribution >= 0.6 is 0 Å². The Balaban J connectivity index is 1.42. The number of hydrogen-bond acceptors (Lipinski definition) is 6. The molecular weight excluding hydrogens is 480 g/mol. The van der Waals surface area contributed by atoms with Crippen LogP contribution in [0.4, 0.5) is 0 Å². The van der Waals surface area contributed by atoms with E-state index in [1.54, 1.807) is 6.07 Å². The van der Waals surface area contributed by atoms with Crippen molar-refractivity contribution in [3.63, 3.8) is 0 Å². The Morgan fingerprint density at radius 2 is 1.82 bits per heavy atom. The number of nitrogens with one attached hydrogen (secondary N) is 1. The van der Waals surface area contributed by atoms with E-state index in [0.29, 0.717) is 11.3 Å². The number of hydroxylamine groups is 1. The maximum atomic E-state index is 12.9. The Hall–Kier alpha value is -3.84. The molecule has 3 aromatic carbocycles. The SMILES string of the molecule is CCC1(c2cccc(ONC(=O)c3ccc(C(=O)OCc4ccccc4)cc3OC)c2)CCCCN(C)C1. The lowest BCUT2D eigenvalue weighted by atomic mass is 9.74. The molecule has 0 aliphatic carbocycles. The molecule has 1 aliphatic rings. The number of likely N-dealkylation sites (tertiary alicyclic amines) is 1. The summed E-state index contributed by atoms with van der Waals surface area (Å²) in [7, 11) is 3.63. The van der Waals surface area contributed by atoms with E-state index in [2.05, 4.69) is 30.4 Å². The molecule has 0 aromatic heterocycles. The van der Waals surface area contributed by atoms with Crippen LogP contribution in [0.3, 0.4) is 0 Å². The van der Waals surface area contributed by atoms with Gasteiger partial charge in [-0.25, -0.2) is 4.79 Å². The molecule has 0 spiro atoms. The van der Waals surface area contributed by atoms with Crippen LogP contribution in [0.15, 0.2) is 72.8 Å². The molecule has 1 aliphatic heterocycles. The van der Waals surface area contributed by atoms with Gasteiger partial charge in [0.2, 0.25) is 0 Å². The average molecular weight is 517 g/mol. The number of benzene rings is 3. The van der Waals surface area contributed by atoms with Gasteiger partial charge in [-0.15, -0.1) is 0 Å². The molecule has 38 heavy (non-hydrogen) atoms. The molecule has 1 amide bonds. The lowest BCUT2D eigenvalue weighted by Gasteiger charge is -2.35. The van der Waals surface area contributed by atoms with Crippen LogP contribution in [0.1, 0.15) is 64.4 Å². The van der Waals surface area contributed by atoms with Crippen LogP contribution in [-0.4, -0.2) is 44.0 Å². The Labute approximate surface area is 224 Å². The van der Waals surface area contributed by atoms with Crippen molar-refractivity contribution in [1.29, 1.82) is 0 Å².